The number of hydrogen-bond donors (Lipinski definition) is 2. The van der Waals surface area contributed by atoms with Crippen molar-refractivity contribution in [3.8, 4) is 0 Å². The van der Waals surface area contributed by atoms with Crippen LogP contribution in [-0.2, 0) is 22.6 Å². The highest BCUT2D eigenvalue weighted by Gasteiger charge is 2.41. The fourth-order valence-electron chi connectivity index (χ4n) is 2.89. The molecule has 0 aromatic heterocycles. The first-order valence-electron chi connectivity index (χ1n) is 7.24. The smallest absolute Gasteiger partial charge is 0.226 e. The third-order valence-electron chi connectivity index (χ3n) is 4.24. The van der Waals surface area contributed by atoms with E-state index in [4.69, 9.17) is 10.5 Å². The summed E-state index contributed by atoms with van der Waals surface area (Å²) >= 11 is 0. The van der Waals surface area contributed by atoms with E-state index in [0.717, 1.165) is 11.1 Å². The highest BCUT2D eigenvalue weighted by Crippen LogP contribution is 2.32. The second-order valence-electron chi connectivity index (χ2n) is 5.67. The molecule has 1 aromatic rings. The SMILES string of the molecule is CC1OC(C)C(C(=O)NCc2cccc(CN)c2)C1C. The van der Waals surface area contributed by atoms with Crippen molar-refractivity contribution in [2.45, 2.75) is 46.1 Å². The predicted molar refractivity (Wildman–Crippen MR) is 78.8 cm³/mol. The first-order valence-corrected chi connectivity index (χ1v) is 7.24. The molecule has 1 aromatic carbocycles. The summed E-state index contributed by atoms with van der Waals surface area (Å²) in [5.74, 6) is 0.260. The van der Waals surface area contributed by atoms with Crippen molar-refractivity contribution in [2.75, 3.05) is 0 Å². The zero-order valence-corrected chi connectivity index (χ0v) is 12.4. The van der Waals surface area contributed by atoms with Gasteiger partial charge in [-0.3, -0.25) is 4.79 Å². The largest absolute Gasteiger partial charge is 0.374 e. The first kappa shape index (κ1) is 15.0. The maximum absolute atomic E-state index is 12.3. The van der Waals surface area contributed by atoms with E-state index in [9.17, 15) is 4.79 Å². The van der Waals surface area contributed by atoms with Gasteiger partial charge in [0.15, 0.2) is 0 Å². The standard InChI is InChI=1S/C16H24N2O2/c1-10-11(2)20-12(3)15(10)16(19)18-9-14-6-4-5-13(7-14)8-17/h4-7,10-12,15H,8-9,17H2,1-3H3,(H,18,19). The third-order valence-corrected chi connectivity index (χ3v) is 4.24. The highest BCUT2D eigenvalue weighted by atomic mass is 16.5. The molecule has 1 fully saturated rings. The van der Waals surface area contributed by atoms with Crippen LogP contribution in [-0.4, -0.2) is 18.1 Å². The van der Waals surface area contributed by atoms with Crippen LogP contribution in [0.15, 0.2) is 24.3 Å². The van der Waals surface area contributed by atoms with Gasteiger partial charge < -0.3 is 15.8 Å². The Balaban J connectivity index is 1.95. The Hall–Kier alpha value is -1.39. The van der Waals surface area contributed by atoms with Crippen LogP contribution in [0.25, 0.3) is 0 Å². The normalized spacial score (nSPS) is 29.4. The molecule has 1 aliphatic heterocycles. The molecular formula is C16H24N2O2. The van der Waals surface area contributed by atoms with Gasteiger partial charge in [-0.2, -0.15) is 0 Å². The molecule has 0 radical (unpaired) electrons. The highest BCUT2D eigenvalue weighted by molar-refractivity contribution is 5.79. The van der Waals surface area contributed by atoms with Gasteiger partial charge in [0.1, 0.15) is 0 Å². The van der Waals surface area contributed by atoms with E-state index in [1.54, 1.807) is 0 Å². The van der Waals surface area contributed by atoms with E-state index < -0.39 is 0 Å². The molecule has 3 N–H and O–H groups in total. The number of nitrogens with one attached hydrogen (secondary N) is 1. The van der Waals surface area contributed by atoms with Gasteiger partial charge in [0.2, 0.25) is 5.91 Å². The van der Waals surface area contributed by atoms with E-state index in [1.807, 2.05) is 38.1 Å². The van der Waals surface area contributed by atoms with Crippen molar-refractivity contribution < 1.29 is 9.53 Å². The number of benzene rings is 1. The quantitative estimate of drug-likeness (QED) is 0.881. The van der Waals surface area contributed by atoms with Crippen LogP contribution in [0.4, 0.5) is 0 Å². The topological polar surface area (TPSA) is 64.3 Å². The summed E-state index contributed by atoms with van der Waals surface area (Å²) in [5.41, 5.74) is 7.78. The second kappa shape index (κ2) is 6.37. The molecular weight excluding hydrogens is 252 g/mol. The number of carbonyl (C=O) groups is 1. The Labute approximate surface area is 120 Å². The number of carbonyl (C=O) groups excluding carboxylic acids is 1. The van der Waals surface area contributed by atoms with Crippen molar-refractivity contribution in [1.29, 1.82) is 0 Å². The Bertz CT molecular complexity index is 475. The lowest BCUT2D eigenvalue weighted by Crippen LogP contribution is -2.36. The predicted octanol–water partition coefficient (Wildman–Crippen LogP) is 1.82. The van der Waals surface area contributed by atoms with Gasteiger partial charge in [-0.05, 0) is 30.9 Å². The van der Waals surface area contributed by atoms with Crippen molar-refractivity contribution >= 4 is 5.91 Å². The molecule has 0 saturated carbocycles. The Morgan fingerprint density at radius 3 is 2.55 bits per heavy atom. The minimum atomic E-state index is -0.0670. The Kier molecular flexibility index (Phi) is 4.78. The lowest BCUT2D eigenvalue weighted by molar-refractivity contribution is -0.127. The molecule has 110 valence electrons. The van der Waals surface area contributed by atoms with Crippen LogP contribution < -0.4 is 11.1 Å². The van der Waals surface area contributed by atoms with Crippen LogP contribution in [0, 0.1) is 11.8 Å². The molecule has 0 spiro atoms. The van der Waals surface area contributed by atoms with Crippen molar-refractivity contribution in [2.24, 2.45) is 17.6 Å². The Morgan fingerprint density at radius 2 is 1.95 bits per heavy atom. The average Bonchev–Trinajstić information content (AvgIpc) is 2.70. The van der Waals surface area contributed by atoms with Crippen LogP contribution in [0.1, 0.15) is 31.9 Å². The summed E-state index contributed by atoms with van der Waals surface area (Å²) in [4.78, 5) is 12.3. The van der Waals surface area contributed by atoms with Crippen molar-refractivity contribution in [3.05, 3.63) is 35.4 Å². The first-order chi connectivity index (χ1) is 9.52. The number of ether oxygens (including phenoxy) is 1. The molecule has 4 unspecified atom stereocenters. The molecule has 1 saturated heterocycles. The van der Waals surface area contributed by atoms with E-state index in [2.05, 4.69) is 12.2 Å². The summed E-state index contributed by atoms with van der Waals surface area (Å²) < 4.78 is 5.72. The van der Waals surface area contributed by atoms with Gasteiger partial charge in [0.25, 0.3) is 0 Å². The second-order valence-corrected chi connectivity index (χ2v) is 5.67. The zero-order valence-electron chi connectivity index (χ0n) is 12.4. The summed E-state index contributed by atoms with van der Waals surface area (Å²) in [7, 11) is 0. The zero-order chi connectivity index (χ0) is 14.7. The fraction of sp³-hybridized carbons (Fsp3) is 0.562. The molecule has 1 aliphatic rings. The molecule has 4 nitrogen and oxygen atoms in total. The minimum Gasteiger partial charge on any atom is -0.374 e. The van der Waals surface area contributed by atoms with Gasteiger partial charge in [0.05, 0.1) is 18.1 Å². The fourth-order valence-corrected chi connectivity index (χ4v) is 2.89. The molecule has 4 atom stereocenters. The van der Waals surface area contributed by atoms with Gasteiger partial charge in [-0.25, -0.2) is 0 Å². The lowest BCUT2D eigenvalue weighted by Gasteiger charge is -2.18. The number of hydrogen-bond acceptors (Lipinski definition) is 3. The maximum atomic E-state index is 12.3. The molecule has 4 heteroatoms. The molecule has 1 heterocycles. The van der Waals surface area contributed by atoms with Gasteiger partial charge >= 0.3 is 0 Å². The summed E-state index contributed by atoms with van der Waals surface area (Å²) in [6.07, 6.45) is 0.122. The molecule has 0 bridgehead atoms. The van der Waals surface area contributed by atoms with Gasteiger partial charge in [0, 0.05) is 13.1 Å². The third kappa shape index (κ3) is 3.19. The summed E-state index contributed by atoms with van der Waals surface area (Å²) in [6, 6.07) is 7.98. The van der Waals surface area contributed by atoms with E-state index in [0.29, 0.717) is 13.1 Å². The average molecular weight is 276 g/mol. The molecule has 1 amide bonds. The molecule has 2 rings (SSSR count). The van der Waals surface area contributed by atoms with Crippen molar-refractivity contribution in [1.82, 2.24) is 5.32 Å². The number of rotatable bonds is 4. The summed E-state index contributed by atoms with van der Waals surface area (Å²) in [6.45, 7) is 7.13. The van der Waals surface area contributed by atoms with E-state index in [1.165, 1.54) is 0 Å². The van der Waals surface area contributed by atoms with E-state index in [-0.39, 0.29) is 30.0 Å². The molecule has 20 heavy (non-hydrogen) atoms. The summed E-state index contributed by atoms with van der Waals surface area (Å²) in [5, 5.41) is 3.01. The van der Waals surface area contributed by atoms with Crippen LogP contribution in [0.2, 0.25) is 0 Å². The van der Waals surface area contributed by atoms with Crippen LogP contribution >= 0.6 is 0 Å². The Morgan fingerprint density at radius 1 is 1.25 bits per heavy atom. The minimum absolute atomic E-state index is 0.0182. The lowest BCUT2D eigenvalue weighted by atomic mass is 9.89. The molecule has 0 aliphatic carbocycles. The van der Waals surface area contributed by atoms with E-state index >= 15 is 0 Å². The van der Waals surface area contributed by atoms with Gasteiger partial charge in [-0.15, -0.1) is 0 Å². The van der Waals surface area contributed by atoms with Crippen LogP contribution in [0.5, 0.6) is 0 Å². The van der Waals surface area contributed by atoms with Crippen LogP contribution in [0.3, 0.4) is 0 Å². The van der Waals surface area contributed by atoms with Gasteiger partial charge in [-0.1, -0.05) is 31.2 Å². The van der Waals surface area contributed by atoms with Crippen molar-refractivity contribution in [3.63, 3.8) is 0 Å². The monoisotopic (exact) mass is 276 g/mol. The maximum Gasteiger partial charge on any atom is 0.226 e. The number of nitrogens with two attached hydrogens (primary N) is 1. The number of amides is 1.